The van der Waals surface area contributed by atoms with Gasteiger partial charge in [-0.2, -0.15) is 0 Å². The first-order valence-corrected chi connectivity index (χ1v) is 5.02. The lowest BCUT2D eigenvalue weighted by Gasteiger charge is -2.06. The molecule has 0 aromatic heterocycles. The summed E-state index contributed by atoms with van der Waals surface area (Å²) in [6.07, 6.45) is 0.181. The number of aryl methyl sites for hydroxylation is 1. The Morgan fingerprint density at radius 3 is 2.06 bits per heavy atom. The van der Waals surface area contributed by atoms with Crippen LogP contribution in [0.1, 0.15) is 23.5 Å². The maximum absolute atomic E-state index is 11.0. The van der Waals surface area contributed by atoms with Gasteiger partial charge in [0, 0.05) is 5.92 Å². The van der Waals surface area contributed by atoms with Gasteiger partial charge < -0.3 is 10.2 Å². The molecule has 1 saturated carbocycles. The second kappa shape index (κ2) is 3.33. The summed E-state index contributed by atoms with van der Waals surface area (Å²) in [6, 6.07) is 7.32. The van der Waals surface area contributed by atoms with Crippen LogP contribution in [0.25, 0.3) is 0 Å². The summed E-state index contributed by atoms with van der Waals surface area (Å²) in [5, 5.41) is 18.0. The van der Waals surface area contributed by atoms with Crippen LogP contribution in [0.4, 0.5) is 0 Å². The number of aliphatic carboxylic acids is 2. The number of hydrogen-bond acceptors (Lipinski definition) is 2. The van der Waals surface area contributed by atoms with Gasteiger partial charge in [-0.1, -0.05) is 29.8 Å². The monoisotopic (exact) mass is 220 g/mol. The molecule has 2 N–H and O–H groups in total. The minimum atomic E-state index is -1.60. The van der Waals surface area contributed by atoms with E-state index in [9.17, 15) is 9.59 Å². The van der Waals surface area contributed by atoms with E-state index in [4.69, 9.17) is 10.2 Å². The Bertz CT molecular complexity index is 433. The Morgan fingerprint density at radius 2 is 1.69 bits per heavy atom. The second-order valence-electron chi connectivity index (χ2n) is 4.25. The van der Waals surface area contributed by atoms with Crippen LogP contribution in [0, 0.1) is 12.3 Å². The number of rotatable bonds is 3. The fourth-order valence-corrected chi connectivity index (χ4v) is 2.03. The number of carboxylic acid groups (broad SMARTS) is 2. The van der Waals surface area contributed by atoms with Gasteiger partial charge in [0.2, 0.25) is 0 Å². The Morgan fingerprint density at radius 1 is 1.19 bits per heavy atom. The molecule has 2 rings (SSSR count). The highest BCUT2D eigenvalue weighted by Crippen LogP contribution is 2.59. The van der Waals surface area contributed by atoms with Crippen LogP contribution in [0.5, 0.6) is 0 Å². The van der Waals surface area contributed by atoms with Crippen molar-refractivity contribution in [3.05, 3.63) is 35.4 Å². The molecule has 0 unspecified atom stereocenters. The maximum Gasteiger partial charge on any atom is 0.321 e. The van der Waals surface area contributed by atoms with Gasteiger partial charge in [-0.05, 0) is 18.9 Å². The maximum atomic E-state index is 11.0. The van der Waals surface area contributed by atoms with E-state index in [0.717, 1.165) is 11.1 Å². The quantitative estimate of drug-likeness (QED) is 0.759. The van der Waals surface area contributed by atoms with Crippen LogP contribution >= 0.6 is 0 Å². The van der Waals surface area contributed by atoms with Gasteiger partial charge in [0.25, 0.3) is 0 Å². The lowest BCUT2D eigenvalue weighted by atomic mass is 9.99. The van der Waals surface area contributed by atoms with Crippen LogP contribution in [0.3, 0.4) is 0 Å². The van der Waals surface area contributed by atoms with Crippen molar-refractivity contribution in [1.29, 1.82) is 0 Å². The largest absolute Gasteiger partial charge is 0.480 e. The van der Waals surface area contributed by atoms with E-state index in [2.05, 4.69) is 0 Å². The van der Waals surface area contributed by atoms with Crippen molar-refractivity contribution in [1.82, 2.24) is 0 Å². The molecular formula is C12H12O4. The number of carbonyl (C=O) groups is 2. The molecule has 0 radical (unpaired) electrons. The molecule has 1 aromatic carbocycles. The van der Waals surface area contributed by atoms with Crippen molar-refractivity contribution in [2.24, 2.45) is 5.41 Å². The van der Waals surface area contributed by atoms with Crippen LogP contribution in [-0.4, -0.2) is 22.2 Å². The minimum absolute atomic E-state index is 0.181. The molecular weight excluding hydrogens is 208 g/mol. The molecule has 1 aliphatic carbocycles. The molecule has 16 heavy (non-hydrogen) atoms. The van der Waals surface area contributed by atoms with Crippen molar-refractivity contribution < 1.29 is 19.8 Å². The molecule has 1 aliphatic rings. The topological polar surface area (TPSA) is 74.6 Å². The summed E-state index contributed by atoms with van der Waals surface area (Å²) < 4.78 is 0. The van der Waals surface area contributed by atoms with E-state index >= 15 is 0 Å². The summed E-state index contributed by atoms with van der Waals surface area (Å²) in [5.41, 5.74) is 0.256. The zero-order chi connectivity index (χ0) is 11.9. The molecule has 4 heteroatoms. The van der Waals surface area contributed by atoms with Crippen LogP contribution in [0.2, 0.25) is 0 Å². The molecule has 0 bridgehead atoms. The van der Waals surface area contributed by atoms with Crippen molar-refractivity contribution in [2.75, 3.05) is 0 Å². The predicted octanol–water partition coefficient (Wildman–Crippen LogP) is 1.64. The van der Waals surface area contributed by atoms with Gasteiger partial charge in [0.15, 0.2) is 5.41 Å². The lowest BCUT2D eigenvalue weighted by Crippen LogP contribution is -2.26. The normalized spacial score (nSPS) is 21.4. The molecule has 4 nitrogen and oxygen atoms in total. The summed E-state index contributed by atoms with van der Waals surface area (Å²) in [5.74, 6) is -2.89. The Labute approximate surface area is 92.5 Å². The Hall–Kier alpha value is -1.84. The second-order valence-corrected chi connectivity index (χ2v) is 4.25. The van der Waals surface area contributed by atoms with Gasteiger partial charge in [0.05, 0.1) is 0 Å². The van der Waals surface area contributed by atoms with Crippen LogP contribution < -0.4 is 0 Å². The highest BCUT2D eigenvalue weighted by Gasteiger charge is 2.67. The molecule has 0 heterocycles. The van der Waals surface area contributed by atoms with E-state index < -0.39 is 23.3 Å². The Kier molecular flexibility index (Phi) is 2.22. The van der Waals surface area contributed by atoms with Crippen molar-refractivity contribution in [2.45, 2.75) is 19.3 Å². The van der Waals surface area contributed by atoms with E-state index in [0.29, 0.717) is 0 Å². The van der Waals surface area contributed by atoms with Crippen molar-refractivity contribution in [3.8, 4) is 0 Å². The highest BCUT2D eigenvalue weighted by atomic mass is 16.4. The van der Waals surface area contributed by atoms with Gasteiger partial charge in [0.1, 0.15) is 0 Å². The van der Waals surface area contributed by atoms with Crippen molar-refractivity contribution in [3.63, 3.8) is 0 Å². The molecule has 1 fully saturated rings. The first kappa shape index (κ1) is 10.7. The summed E-state index contributed by atoms with van der Waals surface area (Å²) in [6.45, 7) is 1.93. The fraction of sp³-hybridized carbons (Fsp3) is 0.333. The number of benzene rings is 1. The van der Waals surface area contributed by atoms with E-state index in [1.165, 1.54) is 0 Å². The SMILES string of the molecule is Cc1ccc([C@H]2CC2(C(=O)O)C(=O)O)cc1. The standard InChI is InChI=1S/C12H12O4/c1-7-2-4-8(5-3-7)9-6-12(9,10(13)14)11(15)16/h2-5,9H,6H2,1H3,(H,13,14)(H,15,16)/t9-/m1/s1. The Balaban J connectivity index is 2.30. The van der Waals surface area contributed by atoms with Crippen LogP contribution in [-0.2, 0) is 9.59 Å². The molecule has 0 amide bonds. The highest BCUT2D eigenvalue weighted by molar-refractivity contribution is 6.03. The van der Waals surface area contributed by atoms with Crippen molar-refractivity contribution >= 4 is 11.9 Å². The zero-order valence-electron chi connectivity index (χ0n) is 8.80. The van der Waals surface area contributed by atoms with Gasteiger partial charge in [-0.3, -0.25) is 9.59 Å². The molecule has 0 aliphatic heterocycles. The average Bonchev–Trinajstić information content (AvgIpc) is 2.95. The third-order valence-electron chi connectivity index (χ3n) is 3.20. The van der Waals surface area contributed by atoms with Crippen LogP contribution in [0.15, 0.2) is 24.3 Å². The minimum Gasteiger partial charge on any atom is -0.480 e. The smallest absolute Gasteiger partial charge is 0.321 e. The third kappa shape index (κ3) is 1.38. The molecule has 0 saturated heterocycles. The summed E-state index contributed by atoms with van der Waals surface area (Å²) >= 11 is 0. The average molecular weight is 220 g/mol. The van der Waals surface area contributed by atoms with Gasteiger partial charge in [-0.25, -0.2) is 0 Å². The summed E-state index contributed by atoms with van der Waals surface area (Å²) in [4.78, 5) is 22.0. The molecule has 84 valence electrons. The van der Waals surface area contributed by atoms with Gasteiger partial charge in [-0.15, -0.1) is 0 Å². The first-order valence-electron chi connectivity index (χ1n) is 5.02. The first-order chi connectivity index (χ1) is 7.48. The van der Waals surface area contributed by atoms with E-state index in [1.807, 2.05) is 19.1 Å². The lowest BCUT2D eigenvalue weighted by molar-refractivity contribution is -0.157. The fourth-order valence-electron chi connectivity index (χ4n) is 2.03. The van der Waals surface area contributed by atoms with E-state index in [-0.39, 0.29) is 6.42 Å². The molecule has 1 atom stereocenters. The third-order valence-corrected chi connectivity index (χ3v) is 3.20. The predicted molar refractivity (Wildman–Crippen MR) is 56.2 cm³/mol. The van der Waals surface area contributed by atoms with E-state index in [1.54, 1.807) is 12.1 Å². The summed E-state index contributed by atoms with van der Waals surface area (Å²) in [7, 11) is 0. The zero-order valence-corrected chi connectivity index (χ0v) is 8.80. The molecule has 1 aromatic rings. The molecule has 0 spiro atoms. The number of carboxylic acids is 2. The van der Waals surface area contributed by atoms with Gasteiger partial charge >= 0.3 is 11.9 Å². The number of hydrogen-bond donors (Lipinski definition) is 2.